The molecule has 0 aliphatic rings. The first-order chi connectivity index (χ1) is 7.01. The molecule has 7 heteroatoms. The normalized spacial score (nSPS) is 11.4. The van der Waals surface area contributed by atoms with Gasteiger partial charge < -0.3 is 20.5 Å². The first-order valence-electron chi connectivity index (χ1n) is 4.18. The molecule has 0 saturated carbocycles. The highest BCUT2D eigenvalue weighted by Gasteiger charge is 2.18. The second kappa shape index (κ2) is 6.77. The average molecular weight is 218 g/mol. The van der Waals surface area contributed by atoms with E-state index in [1.807, 2.05) is 0 Å². The number of carbonyl (C=O) groups is 3. The fourth-order valence-electron chi connectivity index (χ4n) is 0.718. The molecule has 1 atom stereocenters. The Bertz CT molecular complexity index is 253. The molecule has 0 radical (unpaired) electrons. The molecule has 1 unspecified atom stereocenters. The quantitative estimate of drug-likeness (QED) is 0.525. The van der Waals surface area contributed by atoms with E-state index in [4.69, 9.17) is 5.73 Å². The van der Waals surface area contributed by atoms with E-state index >= 15 is 0 Å². The van der Waals surface area contributed by atoms with E-state index in [0.29, 0.717) is 0 Å². The van der Waals surface area contributed by atoms with Crippen LogP contribution in [-0.2, 0) is 23.9 Å². The summed E-state index contributed by atoms with van der Waals surface area (Å²) in [7, 11) is 2.39. The van der Waals surface area contributed by atoms with Gasteiger partial charge in [-0.3, -0.25) is 14.4 Å². The van der Waals surface area contributed by atoms with Crippen LogP contribution in [0.3, 0.4) is 0 Å². The van der Waals surface area contributed by atoms with Crippen molar-refractivity contribution in [2.45, 2.75) is 12.5 Å². The zero-order chi connectivity index (χ0) is 11.8. The largest absolute Gasteiger partial charge is 0.469 e. The Morgan fingerprint density at radius 3 is 2.20 bits per heavy atom. The highest BCUT2D eigenvalue weighted by molar-refractivity contribution is 5.88. The summed E-state index contributed by atoms with van der Waals surface area (Å²) in [5, 5.41) is 2.22. The number of hydrogen-bond acceptors (Lipinski definition) is 6. The van der Waals surface area contributed by atoms with E-state index in [1.165, 1.54) is 14.2 Å². The van der Waals surface area contributed by atoms with Gasteiger partial charge in [0.2, 0.25) is 5.91 Å². The topological polar surface area (TPSA) is 108 Å². The predicted molar refractivity (Wildman–Crippen MR) is 49.6 cm³/mol. The van der Waals surface area contributed by atoms with E-state index in [9.17, 15) is 14.4 Å². The molecule has 0 bridgehead atoms. The van der Waals surface area contributed by atoms with Gasteiger partial charge >= 0.3 is 11.9 Å². The van der Waals surface area contributed by atoms with Crippen molar-refractivity contribution in [1.82, 2.24) is 5.32 Å². The van der Waals surface area contributed by atoms with Gasteiger partial charge in [-0.1, -0.05) is 0 Å². The van der Waals surface area contributed by atoms with Crippen molar-refractivity contribution < 1.29 is 23.9 Å². The Morgan fingerprint density at radius 2 is 1.73 bits per heavy atom. The lowest BCUT2D eigenvalue weighted by Crippen LogP contribution is -2.44. The summed E-state index contributed by atoms with van der Waals surface area (Å²) >= 11 is 0. The van der Waals surface area contributed by atoms with Gasteiger partial charge in [-0.25, -0.2) is 0 Å². The summed E-state index contributed by atoms with van der Waals surface area (Å²) in [6.45, 7) is -0.274. The number of rotatable bonds is 5. The molecular weight excluding hydrogens is 204 g/mol. The van der Waals surface area contributed by atoms with Crippen LogP contribution in [0.1, 0.15) is 6.42 Å². The Morgan fingerprint density at radius 1 is 1.20 bits per heavy atom. The number of amides is 1. The van der Waals surface area contributed by atoms with Gasteiger partial charge in [-0.15, -0.1) is 0 Å². The molecule has 0 aromatic heterocycles. The zero-order valence-electron chi connectivity index (χ0n) is 8.61. The van der Waals surface area contributed by atoms with E-state index in [1.54, 1.807) is 0 Å². The Balaban J connectivity index is 3.89. The average Bonchev–Trinajstić information content (AvgIpc) is 2.24. The number of nitrogens with two attached hydrogens (primary N) is 1. The van der Waals surface area contributed by atoms with Crippen molar-refractivity contribution in [1.29, 1.82) is 0 Å². The first-order valence-corrected chi connectivity index (χ1v) is 4.18. The van der Waals surface area contributed by atoms with Gasteiger partial charge in [-0.2, -0.15) is 0 Å². The van der Waals surface area contributed by atoms with Crippen LogP contribution in [-0.4, -0.2) is 44.7 Å². The van der Waals surface area contributed by atoms with Crippen LogP contribution in [0.15, 0.2) is 0 Å². The summed E-state index contributed by atoms with van der Waals surface area (Å²) in [6.07, 6.45) is -0.233. The lowest BCUT2D eigenvalue weighted by atomic mass is 10.2. The predicted octanol–water partition coefficient (Wildman–Crippen LogP) is -1.83. The monoisotopic (exact) mass is 218 g/mol. The summed E-state index contributed by atoms with van der Waals surface area (Å²) in [6, 6.07) is -1.03. The minimum Gasteiger partial charge on any atom is -0.469 e. The summed E-state index contributed by atoms with van der Waals surface area (Å²) in [4.78, 5) is 32.6. The van der Waals surface area contributed by atoms with E-state index in [2.05, 4.69) is 14.8 Å². The molecule has 0 fully saturated rings. The van der Waals surface area contributed by atoms with Gasteiger partial charge in [0, 0.05) is 0 Å². The minimum absolute atomic E-state index is 0.233. The Hall–Kier alpha value is -1.63. The SMILES string of the molecule is COC(=O)CNC(=O)C(N)CC(=O)OC. The van der Waals surface area contributed by atoms with Crippen LogP contribution in [0.2, 0.25) is 0 Å². The van der Waals surface area contributed by atoms with Crippen molar-refractivity contribution in [2.24, 2.45) is 5.73 Å². The fraction of sp³-hybridized carbons (Fsp3) is 0.625. The lowest BCUT2D eigenvalue weighted by molar-refractivity contribution is -0.143. The van der Waals surface area contributed by atoms with Crippen LogP contribution in [0.5, 0.6) is 0 Å². The van der Waals surface area contributed by atoms with E-state index < -0.39 is 23.9 Å². The molecule has 1 amide bonds. The number of esters is 2. The van der Waals surface area contributed by atoms with E-state index in [0.717, 1.165) is 0 Å². The highest BCUT2D eigenvalue weighted by atomic mass is 16.5. The summed E-state index contributed by atoms with van der Waals surface area (Å²) in [5.74, 6) is -1.78. The molecule has 0 aromatic carbocycles. The van der Waals surface area contributed by atoms with Crippen LogP contribution >= 0.6 is 0 Å². The van der Waals surface area contributed by atoms with Gasteiger partial charge in [0.25, 0.3) is 0 Å². The molecule has 0 aliphatic heterocycles. The molecular formula is C8H14N2O5. The third kappa shape index (κ3) is 5.63. The van der Waals surface area contributed by atoms with Crippen LogP contribution in [0.4, 0.5) is 0 Å². The summed E-state index contributed by atoms with van der Waals surface area (Å²) in [5.41, 5.74) is 5.36. The Labute approximate surface area is 86.9 Å². The third-order valence-corrected chi connectivity index (χ3v) is 1.59. The smallest absolute Gasteiger partial charge is 0.325 e. The molecule has 0 spiro atoms. The molecule has 0 rings (SSSR count). The van der Waals surface area contributed by atoms with Crippen LogP contribution in [0, 0.1) is 0 Å². The molecule has 3 N–H and O–H groups in total. The lowest BCUT2D eigenvalue weighted by Gasteiger charge is -2.09. The standard InChI is InChI=1S/C8H14N2O5/c1-14-6(11)3-5(9)8(13)10-4-7(12)15-2/h5H,3-4,9H2,1-2H3,(H,10,13). The molecule has 0 aliphatic carbocycles. The zero-order valence-corrected chi connectivity index (χ0v) is 8.61. The van der Waals surface area contributed by atoms with Gasteiger partial charge in [-0.05, 0) is 0 Å². The van der Waals surface area contributed by atoms with Gasteiger partial charge in [0.05, 0.1) is 26.7 Å². The highest BCUT2D eigenvalue weighted by Crippen LogP contribution is 1.90. The molecule has 0 aromatic rings. The van der Waals surface area contributed by atoms with Crippen LogP contribution in [0.25, 0.3) is 0 Å². The first kappa shape index (κ1) is 13.4. The number of nitrogens with one attached hydrogen (secondary N) is 1. The maximum absolute atomic E-state index is 11.2. The van der Waals surface area contributed by atoms with E-state index in [-0.39, 0.29) is 13.0 Å². The number of methoxy groups -OCH3 is 2. The maximum atomic E-state index is 11.2. The molecule has 86 valence electrons. The number of ether oxygens (including phenoxy) is 2. The number of carbonyl (C=O) groups excluding carboxylic acids is 3. The van der Waals surface area contributed by atoms with Crippen molar-refractivity contribution in [2.75, 3.05) is 20.8 Å². The van der Waals surface area contributed by atoms with Gasteiger partial charge in [0.15, 0.2) is 0 Å². The van der Waals surface area contributed by atoms with Gasteiger partial charge in [0.1, 0.15) is 6.54 Å². The number of hydrogen-bond donors (Lipinski definition) is 2. The Kier molecular flexibility index (Phi) is 6.03. The molecule has 0 saturated heterocycles. The van der Waals surface area contributed by atoms with Crippen molar-refractivity contribution in [3.05, 3.63) is 0 Å². The fourth-order valence-corrected chi connectivity index (χ4v) is 0.718. The molecule has 7 nitrogen and oxygen atoms in total. The minimum atomic E-state index is -1.03. The molecule has 15 heavy (non-hydrogen) atoms. The summed E-state index contributed by atoms with van der Waals surface area (Å²) < 4.78 is 8.62. The van der Waals surface area contributed by atoms with Crippen molar-refractivity contribution in [3.8, 4) is 0 Å². The second-order valence-corrected chi connectivity index (χ2v) is 2.68. The molecule has 0 heterocycles. The second-order valence-electron chi connectivity index (χ2n) is 2.68. The third-order valence-electron chi connectivity index (χ3n) is 1.59. The maximum Gasteiger partial charge on any atom is 0.325 e. The van der Waals surface area contributed by atoms with Crippen molar-refractivity contribution >= 4 is 17.8 Å². The van der Waals surface area contributed by atoms with Crippen molar-refractivity contribution in [3.63, 3.8) is 0 Å². The van der Waals surface area contributed by atoms with Crippen LogP contribution < -0.4 is 11.1 Å².